The van der Waals surface area contributed by atoms with E-state index in [0.29, 0.717) is 0 Å². The van der Waals surface area contributed by atoms with E-state index in [-0.39, 0.29) is 34.3 Å². The number of hydrogen-bond acceptors (Lipinski definition) is 5. The molecule has 0 saturated carbocycles. The summed E-state index contributed by atoms with van der Waals surface area (Å²) in [6, 6.07) is 3.04. The number of aromatic nitrogens is 1. The highest BCUT2D eigenvalue weighted by atomic mass is 32.2. The van der Waals surface area contributed by atoms with Crippen LogP contribution in [0.3, 0.4) is 0 Å². The first kappa shape index (κ1) is 17.0. The van der Waals surface area contributed by atoms with Crippen molar-refractivity contribution in [3.63, 3.8) is 0 Å². The van der Waals surface area contributed by atoms with Crippen molar-refractivity contribution in [2.24, 2.45) is 0 Å². The van der Waals surface area contributed by atoms with Crippen molar-refractivity contribution in [1.82, 2.24) is 9.88 Å². The Balaban J connectivity index is 1.87. The summed E-state index contributed by atoms with van der Waals surface area (Å²) in [6.07, 6.45) is 0. The standard InChI is InChI=1S/C15H14F2N2O3S2/c1-9-8-24(21,22)6-5-19(9)15(20)12-7-23-14(18-12)13-10(16)3-2-4-11(13)17/h2-4,7,9H,5-6,8H2,1H3/t9-/m0/s1. The van der Waals surface area contributed by atoms with Gasteiger partial charge in [0.15, 0.2) is 9.84 Å². The van der Waals surface area contributed by atoms with Crippen molar-refractivity contribution in [2.45, 2.75) is 13.0 Å². The molecule has 1 aromatic heterocycles. The average molecular weight is 372 g/mol. The van der Waals surface area contributed by atoms with Crippen LogP contribution in [0, 0.1) is 11.6 Å². The van der Waals surface area contributed by atoms with Gasteiger partial charge in [-0.05, 0) is 19.1 Å². The second-order valence-electron chi connectivity index (χ2n) is 5.60. The lowest BCUT2D eigenvalue weighted by molar-refractivity contribution is 0.0707. The molecule has 0 bridgehead atoms. The first-order chi connectivity index (χ1) is 11.3. The van der Waals surface area contributed by atoms with Gasteiger partial charge in [-0.3, -0.25) is 4.79 Å². The highest BCUT2D eigenvalue weighted by Crippen LogP contribution is 2.29. The highest BCUT2D eigenvalue weighted by Gasteiger charge is 2.32. The fraction of sp³-hybridized carbons (Fsp3) is 0.333. The molecule has 1 amide bonds. The summed E-state index contributed by atoms with van der Waals surface area (Å²) >= 11 is 0.967. The van der Waals surface area contributed by atoms with E-state index in [9.17, 15) is 22.0 Å². The molecule has 0 spiro atoms. The van der Waals surface area contributed by atoms with Crippen LogP contribution in [0.5, 0.6) is 0 Å². The van der Waals surface area contributed by atoms with Crippen LogP contribution in [0.25, 0.3) is 10.6 Å². The van der Waals surface area contributed by atoms with Crippen LogP contribution in [0.4, 0.5) is 8.78 Å². The van der Waals surface area contributed by atoms with Gasteiger partial charge < -0.3 is 4.90 Å². The topological polar surface area (TPSA) is 67.3 Å². The van der Waals surface area contributed by atoms with Crippen LogP contribution in [-0.2, 0) is 9.84 Å². The fourth-order valence-electron chi connectivity index (χ4n) is 2.64. The molecule has 0 N–H and O–H groups in total. The number of sulfone groups is 1. The van der Waals surface area contributed by atoms with E-state index in [1.165, 1.54) is 16.3 Å². The number of carbonyl (C=O) groups excluding carboxylic acids is 1. The maximum atomic E-state index is 13.8. The number of benzene rings is 1. The monoisotopic (exact) mass is 372 g/mol. The van der Waals surface area contributed by atoms with Crippen LogP contribution in [0.1, 0.15) is 17.4 Å². The van der Waals surface area contributed by atoms with E-state index in [4.69, 9.17) is 0 Å². The molecular weight excluding hydrogens is 358 g/mol. The van der Waals surface area contributed by atoms with Gasteiger partial charge in [-0.2, -0.15) is 0 Å². The molecule has 0 aliphatic carbocycles. The first-order valence-electron chi connectivity index (χ1n) is 7.20. The minimum atomic E-state index is -3.14. The van der Waals surface area contributed by atoms with Crippen LogP contribution >= 0.6 is 11.3 Å². The predicted molar refractivity (Wildman–Crippen MR) is 86.6 cm³/mol. The summed E-state index contributed by atoms with van der Waals surface area (Å²) in [4.78, 5) is 18.0. The van der Waals surface area contributed by atoms with Crippen molar-refractivity contribution in [3.8, 4) is 10.6 Å². The van der Waals surface area contributed by atoms with Gasteiger partial charge in [0.05, 0.1) is 17.1 Å². The Bertz CT molecular complexity index is 876. The maximum Gasteiger partial charge on any atom is 0.273 e. The predicted octanol–water partition coefficient (Wildman–Crippen LogP) is 2.35. The minimum Gasteiger partial charge on any atom is -0.333 e. The summed E-state index contributed by atoms with van der Waals surface area (Å²) in [7, 11) is -3.14. The van der Waals surface area contributed by atoms with Gasteiger partial charge in [-0.25, -0.2) is 22.2 Å². The number of thiazole rings is 1. The van der Waals surface area contributed by atoms with E-state index < -0.39 is 33.4 Å². The first-order valence-corrected chi connectivity index (χ1v) is 9.90. The lowest BCUT2D eigenvalue weighted by Crippen LogP contribution is -2.49. The van der Waals surface area contributed by atoms with E-state index in [1.807, 2.05) is 0 Å². The molecule has 9 heteroatoms. The third-order valence-electron chi connectivity index (χ3n) is 3.83. The zero-order valence-corrected chi connectivity index (χ0v) is 14.3. The van der Waals surface area contributed by atoms with E-state index in [2.05, 4.69) is 4.98 Å². The van der Waals surface area contributed by atoms with Crippen LogP contribution in [0.15, 0.2) is 23.6 Å². The summed E-state index contributed by atoms with van der Waals surface area (Å²) in [5, 5.41) is 1.51. The van der Waals surface area contributed by atoms with Crippen molar-refractivity contribution < 1.29 is 22.0 Å². The zero-order chi connectivity index (χ0) is 17.5. The molecule has 2 heterocycles. The van der Waals surface area contributed by atoms with Crippen LogP contribution < -0.4 is 0 Å². The van der Waals surface area contributed by atoms with Crippen molar-refractivity contribution in [2.75, 3.05) is 18.1 Å². The van der Waals surface area contributed by atoms with Gasteiger partial charge >= 0.3 is 0 Å². The average Bonchev–Trinajstić information content (AvgIpc) is 2.95. The summed E-state index contributed by atoms with van der Waals surface area (Å²) in [5.74, 6) is -2.13. The van der Waals surface area contributed by atoms with Crippen LogP contribution in [0.2, 0.25) is 0 Å². The molecule has 1 aliphatic rings. The third kappa shape index (κ3) is 3.18. The zero-order valence-electron chi connectivity index (χ0n) is 12.7. The number of carbonyl (C=O) groups is 1. The Morgan fingerprint density at radius 3 is 2.62 bits per heavy atom. The number of hydrogen-bond donors (Lipinski definition) is 0. The normalized spacial score (nSPS) is 20.1. The molecule has 1 atom stereocenters. The molecule has 1 aromatic carbocycles. The molecule has 3 rings (SSSR count). The molecule has 24 heavy (non-hydrogen) atoms. The molecule has 2 aromatic rings. The lowest BCUT2D eigenvalue weighted by atomic mass is 10.2. The summed E-state index contributed by atoms with van der Waals surface area (Å²) in [5.41, 5.74) is -0.209. The van der Waals surface area contributed by atoms with Gasteiger partial charge in [-0.15, -0.1) is 11.3 Å². The molecule has 0 radical (unpaired) electrons. The fourth-order valence-corrected chi connectivity index (χ4v) is 5.03. The van der Waals surface area contributed by atoms with Crippen molar-refractivity contribution >= 4 is 27.1 Å². The van der Waals surface area contributed by atoms with Gasteiger partial charge in [-0.1, -0.05) is 6.07 Å². The van der Waals surface area contributed by atoms with Gasteiger partial charge in [0, 0.05) is 18.0 Å². The van der Waals surface area contributed by atoms with Gasteiger partial charge in [0.1, 0.15) is 22.3 Å². The number of halogens is 2. The summed E-state index contributed by atoms with van der Waals surface area (Å²) < 4.78 is 50.8. The molecule has 0 unspecified atom stereocenters. The van der Waals surface area contributed by atoms with Gasteiger partial charge in [0.25, 0.3) is 5.91 Å². The lowest BCUT2D eigenvalue weighted by Gasteiger charge is -2.32. The maximum absolute atomic E-state index is 13.8. The molecule has 1 saturated heterocycles. The molecule has 1 fully saturated rings. The smallest absolute Gasteiger partial charge is 0.273 e. The summed E-state index contributed by atoms with van der Waals surface area (Å²) in [6.45, 7) is 1.74. The molecule has 128 valence electrons. The van der Waals surface area contributed by atoms with Crippen molar-refractivity contribution in [3.05, 3.63) is 40.9 Å². The van der Waals surface area contributed by atoms with Crippen molar-refractivity contribution in [1.29, 1.82) is 0 Å². The minimum absolute atomic E-state index is 0.0591. The third-order valence-corrected chi connectivity index (χ3v) is 6.49. The van der Waals surface area contributed by atoms with E-state index in [0.717, 1.165) is 23.5 Å². The number of amides is 1. The Morgan fingerprint density at radius 1 is 1.33 bits per heavy atom. The second kappa shape index (κ2) is 6.21. The molecular formula is C15H14F2N2O3S2. The SMILES string of the molecule is C[C@H]1CS(=O)(=O)CCN1C(=O)c1csc(-c2c(F)cccc2F)n1. The number of rotatable bonds is 2. The Hall–Kier alpha value is -1.87. The quantitative estimate of drug-likeness (QED) is 0.812. The van der Waals surface area contributed by atoms with Gasteiger partial charge in [0.2, 0.25) is 0 Å². The number of nitrogens with zero attached hydrogens (tertiary/aromatic N) is 2. The van der Waals surface area contributed by atoms with E-state index >= 15 is 0 Å². The molecule has 5 nitrogen and oxygen atoms in total. The van der Waals surface area contributed by atoms with E-state index in [1.54, 1.807) is 6.92 Å². The van der Waals surface area contributed by atoms with Crippen LogP contribution in [-0.4, -0.2) is 48.3 Å². The Kier molecular flexibility index (Phi) is 4.39. The second-order valence-corrected chi connectivity index (χ2v) is 8.68. The Labute approximate surface area is 141 Å². The Morgan fingerprint density at radius 2 is 2.00 bits per heavy atom. The highest BCUT2D eigenvalue weighted by molar-refractivity contribution is 7.91. The molecule has 1 aliphatic heterocycles. The largest absolute Gasteiger partial charge is 0.333 e.